The van der Waals surface area contributed by atoms with Crippen molar-refractivity contribution in [1.29, 1.82) is 0 Å². The molecule has 118 valence electrons. The first-order valence-electron chi connectivity index (χ1n) is 7.34. The molecule has 2 aromatic heterocycles. The Bertz CT molecular complexity index is 671. The highest BCUT2D eigenvalue weighted by molar-refractivity contribution is 7.09. The summed E-state index contributed by atoms with van der Waals surface area (Å²) in [5.74, 6) is 0.0178. The molecule has 7 heteroatoms. The molecule has 1 amide bonds. The Hall–Kier alpha value is -1.40. The van der Waals surface area contributed by atoms with Crippen molar-refractivity contribution in [2.45, 2.75) is 51.5 Å². The molecule has 0 unspecified atom stereocenters. The maximum absolute atomic E-state index is 12.3. The number of aromatic nitrogens is 2. The minimum atomic E-state index is -0.260. The molecule has 0 bridgehead atoms. The van der Waals surface area contributed by atoms with Crippen LogP contribution in [0, 0.1) is 13.8 Å². The van der Waals surface area contributed by atoms with Gasteiger partial charge in [0.05, 0.1) is 11.2 Å². The highest BCUT2D eigenvalue weighted by Crippen LogP contribution is 2.42. The number of amides is 1. The van der Waals surface area contributed by atoms with Crippen LogP contribution in [0.25, 0.3) is 0 Å². The Balaban J connectivity index is 1.63. The third-order valence-electron chi connectivity index (χ3n) is 4.15. The van der Waals surface area contributed by atoms with Crippen LogP contribution in [-0.4, -0.2) is 16.0 Å². The maximum Gasteiger partial charge on any atom is 0.229 e. The van der Waals surface area contributed by atoms with Gasteiger partial charge in [-0.2, -0.15) is 0 Å². The highest BCUT2D eigenvalue weighted by atomic mass is 35.5. The molecular weight excluding hydrogens is 322 g/mol. The van der Waals surface area contributed by atoms with Crippen molar-refractivity contribution in [2.24, 2.45) is 0 Å². The third-order valence-corrected chi connectivity index (χ3v) is 5.61. The van der Waals surface area contributed by atoms with Gasteiger partial charge in [0.15, 0.2) is 0 Å². The quantitative estimate of drug-likeness (QED) is 0.904. The number of nitrogens with zero attached hydrogens (tertiary/aromatic N) is 2. The van der Waals surface area contributed by atoms with Crippen molar-refractivity contribution < 1.29 is 9.32 Å². The Morgan fingerprint density at radius 1 is 1.50 bits per heavy atom. The van der Waals surface area contributed by atoms with Gasteiger partial charge < -0.3 is 9.84 Å². The summed E-state index contributed by atoms with van der Waals surface area (Å²) in [4.78, 5) is 16.9. The molecule has 2 heterocycles. The topological polar surface area (TPSA) is 68.0 Å². The molecule has 0 saturated heterocycles. The first kappa shape index (κ1) is 15.5. The van der Waals surface area contributed by atoms with Crippen LogP contribution < -0.4 is 5.32 Å². The van der Waals surface area contributed by atoms with Crippen molar-refractivity contribution in [3.8, 4) is 0 Å². The molecule has 1 N–H and O–H groups in total. The van der Waals surface area contributed by atoms with Crippen LogP contribution in [0.2, 0.25) is 5.22 Å². The van der Waals surface area contributed by atoms with Gasteiger partial charge in [-0.25, -0.2) is 4.98 Å². The number of hydrogen-bond donors (Lipinski definition) is 1. The summed E-state index contributed by atoms with van der Waals surface area (Å²) in [6.45, 7) is 3.80. The maximum atomic E-state index is 12.3. The number of carbonyl (C=O) groups excluding carboxylic acids is 1. The summed E-state index contributed by atoms with van der Waals surface area (Å²) >= 11 is 7.55. The lowest BCUT2D eigenvalue weighted by Gasteiger charge is -2.40. The average Bonchev–Trinajstić information content (AvgIpc) is 2.99. The fourth-order valence-electron chi connectivity index (χ4n) is 2.70. The molecular formula is C15H18ClN3O2S. The van der Waals surface area contributed by atoms with Gasteiger partial charge in [0, 0.05) is 23.1 Å². The summed E-state index contributed by atoms with van der Waals surface area (Å²) < 4.78 is 4.91. The average molecular weight is 340 g/mol. The lowest BCUT2D eigenvalue weighted by molar-refractivity contribution is -0.124. The van der Waals surface area contributed by atoms with E-state index < -0.39 is 0 Å². The highest BCUT2D eigenvalue weighted by Gasteiger charge is 2.42. The van der Waals surface area contributed by atoms with E-state index >= 15 is 0 Å². The fraction of sp³-hybridized carbons (Fsp3) is 0.533. The predicted molar refractivity (Wildman–Crippen MR) is 85.1 cm³/mol. The van der Waals surface area contributed by atoms with Crippen molar-refractivity contribution in [3.05, 3.63) is 32.6 Å². The zero-order chi connectivity index (χ0) is 15.7. The summed E-state index contributed by atoms with van der Waals surface area (Å²) in [5, 5.41) is 10.3. The lowest BCUT2D eigenvalue weighted by Crippen LogP contribution is -2.50. The van der Waals surface area contributed by atoms with E-state index in [-0.39, 0.29) is 16.7 Å². The van der Waals surface area contributed by atoms with E-state index in [0.29, 0.717) is 12.8 Å². The second-order valence-corrected chi connectivity index (χ2v) is 7.00. The molecule has 1 aliphatic rings. The van der Waals surface area contributed by atoms with Crippen LogP contribution in [0.4, 0.5) is 0 Å². The van der Waals surface area contributed by atoms with E-state index in [1.54, 1.807) is 11.3 Å². The molecule has 0 atom stereocenters. The van der Waals surface area contributed by atoms with Gasteiger partial charge in [0.25, 0.3) is 0 Å². The van der Waals surface area contributed by atoms with Crippen LogP contribution >= 0.6 is 22.9 Å². The number of halogens is 1. The van der Waals surface area contributed by atoms with Gasteiger partial charge in [-0.1, -0.05) is 5.16 Å². The zero-order valence-corrected chi connectivity index (χ0v) is 14.2. The van der Waals surface area contributed by atoms with E-state index in [9.17, 15) is 4.79 Å². The predicted octanol–water partition coefficient (Wildman–Crippen LogP) is 3.53. The van der Waals surface area contributed by atoms with E-state index in [1.807, 2.05) is 19.2 Å². The van der Waals surface area contributed by atoms with Gasteiger partial charge in [0.1, 0.15) is 5.01 Å². The molecule has 1 saturated carbocycles. The van der Waals surface area contributed by atoms with Crippen LogP contribution in [-0.2, 0) is 16.8 Å². The Morgan fingerprint density at radius 3 is 2.77 bits per heavy atom. The van der Waals surface area contributed by atoms with E-state index in [2.05, 4.69) is 15.5 Å². The standard InChI is InChI=1S/C15H18ClN3O2S/c1-9-8-22-14(17-9)15(6-3-7-15)18-12(20)5-4-11-10(2)19-21-13(11)16/h8H,3-7H2,1-2H3,(H,18,20). The van der Waals surface area contributed by atoms with Crippen molar-refractivity contribution in [1.82, 2.24) is 15.5 Å². The van der Waals surface area contributed by atoms with Gasteiger partial charge >= 0.3 is 0 Å². The third kappa shape index (κ3) is 2.90. The Kier molecular flexibility index (Phi) is 4.23. The number of thiazole rings is 1. The minimum absolute atomic E-state index is 0.0178. The van der Waals surface area contributed by atoms with Gasteiger partial charge in [0.2, 0.25) is 11.1 Å². The fourth-order valence-corrected chi connectivity index (χ4v) is 3.98. The SMILES string of the molecule is Cc1csc(C2(NC(=O)CCc3c(C)noc3Cl)CCC2)n1. The second-order valence-electron chi connectivity index (χ2n) is 5.80. The molecule has 0 radical (unpaired) electrons. The summed E-state index contributed by atoms with van der Waals surface area (Å²) in [5.41, 5.74) is 2.30. The normalized spacial score (nSPS) is 16.3. The lowest BCUT2D eigenvalue weighted by atomic mass is 9.77. The largest absolute Gasteiger partial charge is 0.344 e. The molecule has 3 rings (SSSR count). The molecule has 0 aliphatic heterocycles. The van der Waals surface area contributed by atoms with Crippen LogP contribution in [0.1, 0.15) is 47.6 Å². The van der Waals surface area contributed by atoms with Crippen LogP contribution in [0.15, 0.2) is 9.90 Å². The monoisotopic (exact) mass is 339 g/mol. The zero-order valence-electron chi connectivity index (χ0n) is 12.6. The smallest absolute Gasteiger partial charge is 0.229 e. The first-order valence-corrected chi connectivity index (χ1v) is 8.60. The van der Waals surface area contributed by atoms with Gasteiger partial charge in [-0.3, -0.25) is 4.79 Å². The number of nitrogens with one attached hydrogen (secondary N) is 1. The number of rotatable bonds is 5. The molecule has 2 aromatic rings. The van der Waals surface area contributed by atoms with Crippen LogP contribution in [0.5, 0.6) is 0 Å². The molecule has 1 aliphatic carbocycles. The van der Waals surface area contributed by atoms with E-state index in [1.165, 1.54) is 0 Å². The number of hydrogen-bond acceptors (Lipinski definition) is 5. The van der Waals surface area contributed by atoms with E-state index in [4.69, 9.17) is 16.1 Å². The van der Waals surface area contributed by atoms with Crippen molar-refractivity contribution in [2.75, 3.05) is 0 Å². The van der Waals surface area contributed by atoms with Gasteiger partial charge in [-0.15, -0.1) is 11.3 Å². The first-order chi connectivity index (χ1) is 10.5. The summed E-state index contributed by atoms with van der Waals surface area (Å²) in [7, 11) is 0. The summed E-state index contributed by atoms with van der Waals surface area (Å²) in [6.07, 6.45) is 3.94. The molecule has 1 fully saturated rings. The number of carbonyl (C=O) groups is 1. The van der Waals surface area contributed by atoms with Gasteiger partial charge in [-0.05, 0) is 51.1 Å². The molecule has 5 nitrogen and oxygen atoms in total. The number of aryl methyl sites for hydroxylation is 2. The van der Waals surface area contributed by atoms with Crippen LogP contribution in [0.3, 0.4) is 0 Å². The molecule has 22 heavy (non-hydrogen) atoms. The minimum Gasteiger partial charge on any atom is -0.344 e. The van der Waals surface area contributed by atoms with Crippen molar-refractivity contribution >= 4 is 28.8 Å². The molecule has 0 spiro atoms. The summed E-state index contributed by atoms with van der Waals surface area (Å²) in [6, 6.07) is 0. The molecule has 0 aromatic carbocycles. The van der Waals surface area contributed by atoms with E-state index in [0.717, 1.165) is 41.2 Å². The Labute approximate surface area is 138 Å². The van der Waals surface area contributed by atoms with Crippen molar-refractivity contribution in [3.63, 3.8) is 0 Å². The Morgan fingerprint density at radius 2 is 2.27 bits per heavy atom. The second kappa shape index (κ2) is 6.01.